The van der Waals surface area contributed by atoms with Gasteiger partial charge >= 0.3 is 6.03 Å². The number of ether oxygens (including phenoxy) is 1. The fraction of sp³-hybridized carbons (Fsp3) is 0.200. The van der Waals surface area contributed by atoms with Gasteiger partial charge in [-0.2, -0.15) is 0 Å². The van der Waals surface area contributed by atoms with Crippen molar-refractivity contribution in [3.8, 4) is 17.1 Å². The van der Waals surface area contributed by atoms with Crippen LogP contribution < -0.4 is 21.2 Å². The number of amides is 3. The third-order valence-corrected chi connectivity index (χ3v) is 5.07. The summed E-state index contributed by atoms with van der Waals surface area (Å²) in [6.45, 7) is 0.346. The predicted octanol–water partition coefficient (Wildman–Crippen LogP) is 2.18. The second-order valence-electron chi connectivity index (χ2n) is 6.22. The summed E-state index contributed by atoms with van der Waals surface area (Å²) in [5.74, 6) is 7.33. The SMILES string of the molecule is COc1ccc(-c2nnc(SCCC(=O)NC(=O)NCc3ccccc3)n2N)cc1. The highest BCUT2D eigenvalue weighted by Crippen LogP contribution is 2.23. The van der Waals surface area contributed by atoms with Crippen LogP contribution in [-0.4, -0.2) is 39.7 Å². The number of rotatable bonds is 8. The lowest BCUT2D eigenvalue weighted by molar-refractivity contribution is -0.119. The number of nitrogens with zero attached hydrogens (tertiary/aromatic N) is 3. The molecule has 0 aliphatic rings. The summed E-state index contributed by atoms with van der Waals surface area (Å²) in [6.07, 6.45) is 0.133. The highest BCUT2D eigenvalue weighted by Gasteiger charge is 2.14. The van der Waals surface area contributed by atoms with Crippen molar-refractivity contribution in [1.29, 1.82) is 0 Å². The molecule has 3 rings (SSSR count). The zero-order chi connectivity index (χ0) is 21.3. The van der Waals surface area contributed by atoms with Gasteiger partial charge < -0.3 is 15.9 Å². The van der Waals surface area contributed by atoms with Crippen LogP contribution in [0, 0.1) is 0 Å². The maximum atomic E-state index is 12.0. The summed E-state index contributed by atoms with van der Waals surface area (Å²) in [5, 5.41) is 13.6. The molecule has 156 valence electrons. The number of urea groups is 1. The molecule has 0 bridgehead atoms. The van der Waals surface area contributed by atoms with E-state index in [1.165, 1.54) is 16.4 Å². The van der Waals surface area contributed by atoms with E-state index in [2.05, 4.69) is 20.8 Å². The average molecular weight is 427 g/mol. The van der Waals surface area contributed by atoms with Crippen molar-refractivity contribution in [2.75, 3.05) is 18.7 Å². The van der Waals surface area contributed by atoms with Gasteiger partial charge in [0.25, 0.3) is 0 Å². The van der Waals surface area contributed by atoms with Gasteiger partial charge in [0.05, 0.1) is 7.11 Å². The number of methoxy groups -OCH3 is 1. The second-order valence-corrected chi connectivity index (χ2v) is 7.28. The molecule has 1 heterocycles. The second kappa shape index (κ2) is 10.3. The molecule has 9 nitrogen and oxygen atoms in total. The number of hydrogen-bond donors (Lipinski definition) is 3. The Morgan fingerprint density at radius 1 is 1.10 bits per heavy atom. The van der Waals surface area contributed by atoms with Gasteiger partial charge in [-0.25, -0.2) is 9.47 Å². The normalized spacial score (nSPS) is 10.4. The van der Waals surface area contributed by atoms with E-state index in [4.69, 9.17) is 10.6 Å². The maximum Gasteiger partial charge on any atom is 0.321 e. The first-order chi connectivity index (χ1) is 14.6. The van der Waals surface area contributed by atoms with Gasteiger partial charge in [0, 0.05) is 24.3 Å². The van der Waals surface area contributed by atoms with Crippen molar-refractivity contribution in [3.63, 3.8) is 0 Å². The molecule has 30 heavy (non-hydrogen) atoms. The fourth-order valence-electron chi connectivity index (χ4n) is 2.56. The number of thioether (sulfide) groups is 1. The van der Waals surface area contributed by atoms with Crippen LogP contribution in [0.25, 0.3) is 11.4 Å². The highest BCUT2D eigenvalue weighted by atomic mass is 32.2. The Bertz CT molecular complexity index is 992. The molecule has 3 aromatic rings. The number of hydrogen-bond acceptors (Lipinski definition) is 7. The lowest BCUT2D eigenvalue weighted by atomic mass is 10.2. The van der Waals surface area contributed by atoms with Crippen LogP contribution in [0.2, 0.25) is 0 Å². The van der Waals surface area contributed by atoms with E-state index in [-0.39, 0.29) is 12.3 Å². The summed E-state index contributed by atoms with van der Waals surface area (Å²) in [5.41, 5.74) is 1.75. The Hall–Kier alpha value is -3.53. The van der Waals surface area contributed by atoms with Crippen LogP contribution >= 0.6 is 11.8 Å². The van der Waals surface area contributed by atoms with Crippen LogP contribution in [0.15, 0.2) is 59.8 Å². The van der Waals surface area contributed by atoms with E-state index < -0.39 is 6.03 Å². The van der Waals surface area contributed by atoms with Crippen LogP contribution in [0.4, 0.5) is 4.79 Å². The molecule has 3 amide bonds. The van der Waals surface area contributed by atoms with Crippen molar-refractivity contribution < 1.29 is 14.3 Å². The number of imide groups is 1. The third-order valence-electron chi connectivity index (χ3n) is 4.12. The van der Waals surface area contributed by atoms with Gasteiger partial charge in [0.15, 0.2) is 5.82 Å². The summed E-state index contributed by atoms with van der Waals surface area (Å²) in [6, 6.07) is 16.2. The van der Waals surface area contributed by atoms with E-state index in [0.717, 1.165) is 16.9 Å². The number of carbonyl (C=O) groups excluding carboxylic acids is 2. The minimum atomic E-state index is -0.530. The number of nitrogens with one attached hydrogen (secondary N) is 2. The first-order valence-electron chi connectivity index (χ1n) is 9.16. The van der Waals surface area contributed by atoms with E-state index in [1.54, 1.807) is 7.11 Å². The van der Waals surface area contributed by atoms with Crippen molar-refractivity contribution in [2.45, 2.75) is 18.1 Å². The van der Waals surface area contributed by atoms with Crippen molar-refractivity contribution in [1.82, 2.24) is 25.5 Å². The lowest BCUT2D eigenvalue weighted by Gasteiger charge is -2.07. The third kappa shape index (κ3) is 5.74. The van der Waals surface area contributed by atoms with Gasteiger partial charge in [0.2, 0.25) is 11.1 Å². The first kappa shape index (κ1) is 21.2. The van der Waals surface area contributed by atoms with Crippen LogP contribution in [0.3, 0.4) is 0 Å². The molecule has 0 atom stereocenters. The minimum Gasteiger partial charge on any atom is -0.497 e. The largest absolute Gasteiger partial charge is 0.497 e. The quantitative estimate of drug-likeness (QED) is 0.372. The predicted molar refractivity (Wildman–Crippen MR) is 114 cm³/mol. The number of carbonyl (C=O) groups is 2. The monoisotopic (exact) mass is 426 g/mol. The van der Waals surface area contributed by atoms with Crippen LogP contribution in [0.5, 0.6) is 5.75 Å². The molecule has 0 saturated carbocycles. The zero-order valence-corrected chi connectivity index (χ0v) is 17.2. The van der Waals surface area contributed by atoms with Crippen molar-refractivity contribution in [3.05, 3.63) is 60.2 Å². The summed E-state index contributed by atoms with van der Waals surface area (Å²) < 4.78 is 6.51. The summed E-state index contributed by atoms with van der Waals surface area (Å²) in [4.78, 5) is 23.8. The molecular weight excluding hydrogens is 404 g/mol. The standard InChI is InChI=1S/C20H22N6O3S/c1-29-16-9-7-15(8-10-16)18-24-25-20(26(18)21)30-12-11-17(27)23-19(28)22-13-14-5-3-2-4-6-14/h2-10H,11-13,21H2,1H3,(H2,22,23,27,28). The topological polar surface area (TPSA) is 124 Å². The molecule has 0 aliphatic heterocycles. The molecule has 0 saturated heterocycles. The molecule has 0 aliphatic carbocycles. The number of nitrogen functional groups attached to an aromatic ring is 1. The molecule has 1 aromatic heterocycles. The van der Waals surface area contributed by atoms with Crippen molar-refractivity contribution in [2.24, 2.45) is 0 Å². The molecule has 10 heteroatoms. The number of benzene rings is 2. The van der Waals surface area contributed by atoms with E-state index >= 15 is 0 Å². The number of nitrogens with two attached hydrogens (primary N) is 1. The average Bonchev–Trinajstić information content (AvgIpc) is 3.13. The van der Waals surface area contributed by atoms with Gasteiger partial charge in [-0.1, -0.05) is 42.1 Å². The zero-order valence-electron chi connectivity index (χ0n) is 16.4. The maximum absolute atomic E-state index is 12.0. The van der Waals surface area contributed by atoms with Gasteiger partial charge in [-0.05, 0) is 29.8 Å². The minimum absolute atomic E-state index is 0.133. The Balaban J connectivity index is 1.44. The number of aromatic nitrogens is 3. The molecule has 4 N–H and O–H groups in total. The molecule has 0 radical (unpaired) electrons. The van der Waals surface area contributed by atoms with Gasteiger partial charge in [0.1, 0.15) is 5.75 Å². The highest BCUT2D eigenvalue weighted by molar-refractivity contribution is 7.99. The molecule has 2 aromatic carbocycles. The molecule has 0 unspecified atom stereocenters. The fourth-order valence-corrected chi connectivity index (χ4v) is 3.35. The molecule has 0 spiro atoms. The smallest absolute Gasteiger partial charge is 0.321 e. The lowest BCUT2D eigenvalue weighted by Crippen LogP contribution is -2.39. The Kier molecular flexibility index (Phi) is 7.28. The summed E-state index contributed by atoms with van der Waals surface area (Å²) >= 11 is 1.28. The molecular formula is C20H22N6O3S. The van der Waals surface area contributed by atoms with Gasteiger partial charge in [-0.3, -0.25) is 10.1 Å². The summed E-state index contributed by atoms with van der Waals surface area (Å²) in [7, 11) is 1.60. The van der Waals surface area contributed by atoms with E-state index in [1.807, 2.05) is 54.6 Å². The Morgan fingerprint density at radius 3 is 2.53 bits per heavy atom. The molecule has 0 fully saturated rings. The Labute approximate surface area is 178 Å². The van der Waals surface area contributed by atoms with E-state index in [0.29, 0.717) is 23.3 Å². The first-order valence-corrected chi connectivity index (χ1v) is 10.1. The van der Waals surface area contributed by atoms with Gasteiger partial charge in [-0.15, -0.1) is 10.2 Å². The van der Waals surface area contributed by atoms with Crippen molar-refractivity contribution >= 4 is 23.7 Å². The van der Waals surface area contributed by atoms with Crippen LogP contribution in [-0.2, 0) is 11.3 Å². The Morgan fingerprint density at radius 2 is 1.83 bits per heavy atom. The van der Waals surface area contributed by atoms with E-state index in [9.17, 15) is 9.59 Å². The van der Waals surface area contributed by atoms with Crippen LogP contribution in [0.1, 0.15) is 12.0 Å².